The van der Waals surface area contributed by atoms with Crippen LogP contribution in [0.4, 0.5) is 9.18 Å². The summed E-state index contributed by atoms with van der Waals surface area (Å²) in [6.45, 7) is 7.06. The van der Waals surface area contributed by atoms with Gasteiger partial charge in [-0.1, -0.05) is 12.1 Å². The number of nitrogens with zero attached hydrogens (tertiary/aromatic N) is 1. The third-order valence-electron chi connectivity index (χ3n) is 4.97. The standard InChI is InChI=1S/C23H26FNO5/c1-5-29-21(27)17-13-25(22(28)30-23(2,3)4)18-11-8-15(12-19(26)20(17)18)14-6-9-16(24)10-7-14/h6-7,9-10,13,15H,5,8,11-12H2,1-4H3. The first-order valence-electron chi connectivity index (χ1n) is 10.0. The summed E-state index contributed by atoms with van der Waals surface area (Å²) in [5, 5.41) is 0. The lowest BCUT2D eigenvalue weighted by molar-refractivity contribution is 0.0522. The normalized spacial score (nSPS) is 16.6. The lowest BCUT2D eigenvalue weighted by Gasteiger charge is -2.20. The van der Waals surface area contributed by atoms with Gasteiger partial charge in [-0.25, -0.2) is 14.0 Å². The monoisotopic (exact) mass is 415 g/mol. The summed E-state index contributed by atoms with van der Waals surface area (Å²) in [5.74, 6) is -1.39. The van der Waals surface area contributed by atoms with Gasteiger partial charge in [0.15, 0.2) is 5.78 Å². The van der Waals surface area contributed by atoms with E-state index in [9.17, 15) is 18.8 Å². The fraction of sp³-hybridized carbons (Fsp3) is 0.435. The summed E-state index contributed by atoms with van der Waals surface area (Å²) >= 11 is 0. The third kappa shape index (κ3) is 4.61. The molecule has 30 heavy (non-hydrogen) atoms. The predicted octanol–water partition coefficient (Wildman–Crippen LogP) is 4.89. The second kappa shape index (κ2) is 8.42. The highest BCUT2D eigenvalue weighted by atomic mass is 19.1. The van der Waals surface area contributed by atoms with Crippen molar-refractivity contribution in [2.75, 3.05) is 6.61 Å². The number of Topliss-reactive ketones (excluding diaryl/α,β-unsaturated/α-hetero) is 1. The molecule has 6 nitrogen and oxygen atoms in total. The Balaban J connectivity index is 2.02. The number of rotatable bonds is 3. The average Bonchev–Trinajstić information content (AvgIpc) is 2.96. The Bertz CT molecular complexity index is 969. The molecule has 0 saturated carbocycles. The van der Waals surface area contributed by atoms with Gasteiger partial charge in [0.25, 0.3) is 0 Å². The third-order valence-corrected chi connectivity index (χ3v) is 4.97. The number of ether oxygens (including phenoxy) is 2. The summed E-state index contributed by atoms with van der Waals surface area (Å²) in [6.07, 6.45) is 1.81. The SMILES string of the molecule is CCOC(=O)c1cn(C(=O)OC(C)(C)C)c2c1C(=O)CC(c1ccc(F)cc1)CC2. The summed E-state index contributed by atoms with van der Waals surface area (Å²) in [5.41, 5.74) is 0.841. The molecular weight excluding hydrogens is 389 g/mol. The molecule has 0 amide bonds. The Hall–Kier alpha value is -2.96. The van der Waals surface area contributed by atoms with Crippen molar-refractivity contribution in [1.82, 2.24) is 4.57 Å². The quantitative estimate of drug-likeness (QED) is 0.527. The molecule has 1 aromatic carbocycles. The summed E-state index contributed by atoms with van der Waals surface area (Å²) in [4.78, 5) is 38.4. The van der Waals surface area contributed by atoms with Crippen LogP contribution in [0.3, 0.4) is 0 Å². The highest BCUT2D eigenvalue weighted by Crippen LogP contribution is 2.34. The minimum atomic E-state index is -0.732. The van der Waals surface area contributed by atoms with E-state index in [1.54, 1.807) is 39.8 Å². The van der Waals surface area contributed by atoms with Gasteiger partial charge in [-0.15, -0.1) is 0 Å². The van der Waals surface area contributed by atoms with E-state index in [0.29, 0.717) is 18.5 Å². The zero-order chi connectivity index (χ0) is 22.1. The Morgan fingerprint density at radius 1 is 1.20 bits per heavy atom. The Morgan fingerprint density at radius 2 is 1.87 bits per heavy atom. The summed E-state index contributed by atoms with van der Waals surface area (Å²) in [6, 6.07) is 6.06. The van der Waals surface area contributed by atoms with Crippen molar-refractivity contribution < 1.29 is 28.2 Å². The lowest BCUT2D eigenvalue weighted by Crippen LogP contribution is -2.27. The van der Waals surface area contributed by atoms with E-state index in [1.165, 1.54) is 22.9 Å². The topological polar surface area (TPSA) is 74.6 Å². The first-order chi connectivity index (χ1) is 14.1. The Morgan fingerprint density at radius 3 is 2.47 bits per heavy atom. The van der Waals surface area contributed by atoms with Crippen molar-refractivity contribution in [1.29, 1.82) is 0 Å². The van der Waals surface area contributed by atoms with Crippen LogP contribution < -0.4 is 0 Å². The molecule has 7 heteroatoms. The second-order valence-corrected chi connectivity index (χ2v) is 8.35. The number of ketones is 1. The van der Waals surface area contributed by atoms with Gasteiger partial charge in [0, 0.05) is 18.3 Å². The van der Waals surface area contributed by atoms with E-state index in [2.05, 4.69) is 0 Å². The van der Waals surface area contributed by atoms with Gasteiger partial charge in [-0.05, 0) is 64.2 Å². The fourth-order valence-electron chi connectivity index (χ4n) is 3.70. The zero-order valence-corrected chi connectivity index (χ0v) is 17.7. The number of halogens is 1. The van der Waals surface area contributed by atoms with Crippen molar-refractivity contribution in [3.63, 3.8) is 0 Å². The molecule has 0 N–H and O–H groups in total. The van der Waals surface area contributed by atoms with Crippen LogP contribution >= 0.6 is 0 Å². The molecule has 0 aliphatic heterocycles. The van der Waals surface area contributed by atoms with E-state index < -0.39 is 17.7 Å². The lowest BCUT2D eigenvalue weighted by atomic mass is 9.90. The second-order valence-electron chi connectivity index (χ2n) is 8.35. The van der Waals surface area contributed by atoms with E-state index in [-0.39, 0.29) is 41.7 Å². The number of aromatic nitrogens is 1. The van der Waals surface area contributed by atoms with Crippen LogP contribution in [0.2, 0.25) is 0 Å². The van der Waals surface area contributed by atoms with Gasteiger partial charge >= 0.3 is 12.1 Å². The first-order valence-corrected chi connectivity index (χ1v) is 10.0. The number of hydrogen-bond acceptors (Lipinski definition) is 5. The summed E-state index contributed by atoms with van der Waals surface area (Å²) in [7, 11) is 0. The molecule has 2 aromatic rings. The predicted molar refractivity (Wildman–Crippen MR) is 108 cm³/mol. The van der Waals surface area contributed by atoms with Crippen LogP contribution in [-0.2, 0) is 15.9 Å². The van der Waals surface area contributed by atoms with Gasteiger partial charge in [0.1, 0.15) is 11.4 Å². The van der Waals surface area contributed by atoms with E-state index in [4.69, 9.17) is 9.47 Å². The van der Waals surface area contributed by atoms with Crippen LogP contribution in [0.5, 0.6) is 0 Å². The highest BCUT2D eigenvalue weighted by molar-refractivity contribution is 6.08. The molecule has 1 aromatic heterocycles. The fourth-order valence-corrected chi connectivity index (χ4v) is 3.70. The van der Waals surface area contributed by atoms with Gasteiger partial charge in [0.05, 0.1) is 17.7 Å². The van der Waals surface area contributed by atoms with Gasteiger partial charge < -0.3 is 9.47 Å². The van der Waals surface area contributed by atoms with E-state index in [0.717, 1.165) is 5.56 Å². The van der Waals surface area contributed by atoms with Crippen molar-refractivity contribution in [2.45, 2.75) is 58.5 Å². The first kappa shape index (κ1) is 21.7. The minimum Gasteiger partial charge on any atom is -0.462 e. The molecule has 1 aliphatic carbocycles. The number of benzene rings is 1. The molecule has 1 atom stereocenters. The maximum atomic E-state index is 13.3. The number of esters is 1. The molecule has 0 fully saturated rings. The van der Waals surface area contributed by atoms with Crippen molar-refractivity contribution in [3.8, 4) is 0 Å². The molecule has 1 aliphatic rings. The largest absolute Gasteiger partial charge is 0.462 e. The Kier molecular flexibility index (Phi) is 6.10. The average molecular weight is 415 g/mol. The molecule has 160 valence electrons. The molecule has 0 spiro atoms. The molecule has 1 unspecified atom stereocenters. The van der Waals surface area contributed by atoms with Crippen LogP contribution in [0.25, 0.3) is 0 Å². The smallest absolute Gasteiger partial charge is 0.418 e. The van der Waals surface area contributed by atoms with Crippen LogP contribution in [-0.4, -0.2) is 34.6 Å². The molecule has 0 saturated heterocycles. The number of fused-ring (bicyclic) bond motifs is 1. The van der Waals surface area contributed by atoms with Crippen LogP contribution in [0, 0.1) is 5.82 Å². The number of carbonyl (C=O) groups is 3. The number of hydrogen-bond donors (Lipinski definition) is 0. The highest BCUT2D eigenvalue weighted by Gasteiger charge is 2.34. The van der Waals surface area contributed by atoms with Gasteiger partial charge in [-0.2, -0.15) is 0 Å². The van der Waals surface area contributed by atoms with E-state index in [1.807, 2.05) is 0 Å². The van der Waals surface area contributed by atoms with Gasteiger partial charge in [-0.3, -0.25) is 9.36 Å². The molecule has 3 rings (SSSR count). The molecule has 0 bridgehead atoms. The van der Waals surface area contributed by atoms with Crippen LogP contribution in [0.1, 0.15) is 78.4 Å². The van der Waals surface area contributed by atoms with Gasteiger partial charge in [0.2, 0.25) is 0 Å². The van der Waals surface area contributed by atoms with Crippen molar-refractivity contribution >= 4 is 17.8 Å². The summed E-state index contributed by atoms with van der Waals surface area (Å²) < 4.78 is 25.1. The molecule has 0 radical (unpaired) electrons. The molecular formula is C23H26FNO5. The van der Waals surface area contributed by atoms with Crippen molar-refractivity contribution in [2.24, 2.45) is 0 Å². The zero-order valence-electron chi connectivity index (χ0n) is 17.7. The van der Waals surface area contributed by atoms with Crippen LogP contribution in [0.15, 0.2) is 30.5 Å². The molecule has 1 heterocycles. The van der Waals surface area contributed by atoms with E-state index >= 15 is 0 Å². The number of carbonyl (C=O) groups excluding carboxylic acids is 3. The minimum absolute atomic E-state index is 0.0717. The Labute approximate surface area is 175 Å². The maximum absolute atomic E-state index is 13.3. The maximum Gasteiger partial charge on any atom is 0.418 e. The van der Waals surface area contributed by atoms with Crippen molar-refractivity contribution in [3.05, 3.63) is 58.7 Å².